The average Bonchev–Trinajstić information content (AvgIpc) is 2.72. The first-order valence-electron chi connectivity index (χ1n) is 5.93. The molecule has 100 valence electrons. The number of thioether (sulfide) groups is 1. The first-order chi connectivity index (χ1) is 8.47. The summed E-state index contributed by atoms with van der Waals surface area (Å²) in [7, 11) is -3.58. The lowest BCUT2D eigenvalue weighted by atomic mass is 10.1. The van der Waals surface area contributed by atoms with Gasteiger partial charge in [0.2, 0.25) is 10.0 Å². The normalized spacial score (nSPS) is 24.3. The third-order valence-electron chi connectivity index (χ3n) is 3.20. The second-order valence-electron chi connectivity index (χ2n) is 4.54. The van der Waals surface area contributed by atoms with Gasteiger partial charge in [-0.25, -0.2) is 13.6 Å². The highest BCUT2D eigenvalue weighted by Crippen LogP contribution is 2.26. The molecule has 1 aliphatic rings. The van der Waals surface area contributed by atoms with Gasteiger partial charge < -0.3 is 5.32 Å². The number of hydrogen-bond donors (Lipinski definition) is 2. The molecule has 0 bridgehead atoms. The molecule has 3 N–H and O–H groups in total. The van der Waals surface area contributed by atoms with Gasteiger partial charge in [-0.1, -0.05) is 19.1 Å². The van der Waals surface area contributed by atoms with Crippen molar-refractivity contribution >= 4 is 21.8 Å². The fourth-order valence-corrected chi connectivity index (χ4v) is 3.79. The van der Waals surface area contributed by atoms with Crippen LogP contribution in [0, 0.1) is 0 Å². The summed E-state index contributed by atoms with van der Waals surface area (Å²) in [6.07, 6.45) is 1.20. The first-order valence-corrected chi connectivity index (χ1v) is 8.53. The van der Waals surface area contributed by atoms with Crippen LogP contribution in [-0.2, 0) is 16.6 Å². The van der Waals surface area contributed by atoms with Crippen LogP contribution in [0.5, 0.6) is 0 Å². The number of benzene rings is 1. The fraction of sp³-hybridized carbons (Fsp3) is 0.500. The molecule has 2 unspecified atom stereocenters. The van der Waals surface area contributed by atoms with Crippen LogP contribution < -0.4 is 10.5 Å². The molecular weight excluding hydrogens is 268 g/mol. The zero-order valence-electron chi connectivity index (χ0n) is 10.3. The summed E-state index contributed by atoms with van der Waals surface area (Å²) < 4.78 is 22.2. The van der Waals surface area contributed by atoms with E-state index < -0.39 is 10.0 Å². The van der Waals surface area contributed by atoms with Crippen LogP contribution in [0.25, 0.3) is 0 Å². The van der Waals surface area contributed by atoms with Crippen molar-refractivity contribution in [1.82, 2.24) is 5.32 Å². The molecule has 6 heteroatoms. The van der Waals surface area contributed by atoms with E-state index in [1.807, 2.05) is 11.8 Å². The molecule has 1 aromatic carbocycles. The molecule has 18 heavy (non-hydrogen) atoms. The average molecular weight is 286 g/mol. The van der Waals surface area contributed by atoms with E-state index in [2.05, 4.69) is 12.2 Å². The quantitative estimate of drug-likeness (QED) is 0.875. The second kappa shape index (κ2) is 5.61. The molecule has 0 spiro atoms. The molecule has 1 aliphatic heterocycles. The monoisotopic (exact) mass is 286 g/mol. The predicted molar refractivity (Wildman–Crippen MR) is 75.0 cm³/mol. The van der Waals surface area contributed by atoms with Gasteiger partial charge in [0, 0.05) is 17.8 Å². The maximum atomic E-state index is 11.1. The molecule has 1 heterocycles. The maximum absolute atomic E-state index is 11.1. The van der Waals surface area contributed by atoms with Gasteiger partial charge in [-0.2, -0.15) is 11.8 Å². The second-order valence-corrected chi connectivity index (χ2v) is 7.59. The van der Waals surface area contributed by atoms with Gasteiger partial charge in [-0.15, -0.1) is 0 Å². The Labute approximate surface area is 112 Å². The van der Waals surface area contributed by atoms with E-state index in [9.17, 15) is 8.42 Å². The van der Waals surface area contributed by atoms with Crippen molar-refractivity contribution in [3.05, 3.63) is 29.8 Å². The number of sulfonamides is 1. The predicted octanol–water partition coefficient (Wildman–Crippen LogP) is 1.32. The molecule has 0 aromatic heterocycles. The van der Waals surface area contributed by atoms with Gasteiger partial charge in [-0.05, 0) is 29.9 Å². The summed E-state index contributed by atoms with van der Waals surface area (Å²) in [5.41, 5.74) is 1.08. The van der Waals surface area contributed by atoms with Crippen LogP contribution >= 0.6 is 11.8 Å². The summed E-state index contributed by atoms with van der Waals surface area (Å²) in [5, 5.41) is 9.20. The lowest BCUT2D eigenvalue weighted by Gasteiger charge is -2.16. The lowest BCUT2D eigenvalue weighted by Crippen LogP contribution is -2.32. The van der Waals surface area contributed by atoms with Gasteiger partial charge >= 0.3 is 0 Å². The Kier molecular flexibility index (Phi) is 4.32. The van der Waals surface area contributed by atoms with Crippen molar-refractivity contribution in [2.75, 3.05) is 5.75 Å². The minimum absolute atomic E-state index is 0.163. The van der Waals surface area contributed by atoms with Crippen LogP contribution in [0.15, 0.2) is 29.2 Å². The summed E-state index contributed by atoms with van der Waals surface area (Å²) in [5.74, 6) is 1.21. The zero-order valence-corrected chi connectivity index (χ0v) is 11.9. The van der Waals surface area contributed by atoms with Crippen molar-refractivity contribution < 1.29 is 8.42 Å². The third-order valence-corrected chi connectivity index (χ3v) is 5.45. The van der Waals surface area contributed by atoms with Crippen molar-refractivity contribution in [2.45, 2.75) is 36.1 Å². The number of primary sulfonamides is 1. The zero-order chi connectivity index (χ0) is 13.2. The van der Waals surface area contributed by atoms with Crippen LogP contribution in [0.3, 0.4) is 0 Å². The molecule has 1 saturated heterocycles. The lowest BCUT2D eigenvalue weighted by molar-refractivity contribution is 0.513. The Morgan fingerprint density at radius 1 is 1.39 bits per heavy atom. The first kappa shape index (κ1) is 13.9. The molecule has 2 rings (SSSR count). The fourth-order valence-electron chi connectivity index (χ4n) is 2.05. The van der Waals surface area contributed by atoms with Crippen LogP contribution in [0.2, 0.25) is 0 Å². The number of hydrogen-bond acceptors (Lipinski definition) is 4. The molecule has 1 fully saturated rings. The van der Waals surface area contributed by atoms with Crippen LogP contribution in [0.4, 0.5) is 0 Å². The summed E-state index contributed by atoms with van der Waals surface area (Å²) in [6, 6.07) is 7.27. The Hall–Kier alpha value is -0.560. The largest absolute Gasteiger partial charge is 0.309 e. The molecule has 1 aromatic rings. The van der Waals surface area contributed by atoms with Crippen molar-refractivity contribution in [1.29, 1.82) is 0 Å². The smallest absolute Gasteiger partial charge is 0.238 e. The topological polar surface area (TPSA) is 72.2 Å². The van der Waals surface area contributed by atoms with E-state index in [0.717, 1.165) is 12.1 Å². The Morgan fingerprint density at radius 2 is 2.06 bits per heavy atom. The maximum Gasteiger partial charge on any atom is 0.238 e. The number of rotatable bonds is 4. The molecule has 0 amide bonds. The SMILES string of the molecule is CC1SCCC1NCc1ccc(S(N)(=O)=O)cc1. The van der Waals surface area contributed by atoms with Crippen LogP contribution in [-0.4, -0.2) is 25.5 Å². The number of nitrogens with two attached hydrogens (primary N) is 1. The van der Waals surface area contributed by atoms with E-state index in [-0.39, 0.29) is 4.90 Å². The molecule has 0 aliphatic carbocycles. The van der Waals surface area contributed by atoms with E-state index in [0.29, 0.717) is 11.3 Å². The van der Waals surface area contributed by atoms with Gasteiger partial charge in [-0.3, -0.25) is 0 Å². The third kappa shape index (κ3) is 3.47. The van der Waals surface area contributed by atoms with Gasteiger partial charge in [0.15, 0.2) is 0 Å². The van der Waals surface area contributed by atoms with Gasteiger partial charge in [0.05, 0.1) is 4.90 Å². The number of nitrogens with one attached hydrogen (secondary N) is 1. The molecule has 2 atom stereocenters. The molecule has 4 nitrogen and oxygen atoms in total. The Morgan fingerprint density at radius 3 is 2.56 bits per heavy atom. The van der Waals surface area contributed by atoms with Crippen LogP contribution in [0.1, 0.15) is 18.9 Å². The van der Waals surface area contributed by atoms with E-state index >= 15 is 0 Å². The summed E-state index contributed by atoms with van der Waals surface area (Å²) >= 11 is 1.99. The van der Waals surface area contributed by atoms with Gasteiger partial charge in [0.25, 0.3) is 0 Å². The molecule has 0 radical (unpaired) electrons. The highest BCUT2D eigenvalue weighted by molar-refractivity contribution is 8.00. The van der Waals surface area contributed by atoms with Crippen molar-refractivity contribution in [3.8, 4) is 0 Å². The van der Waals surface area contributed by atoms with Crippen molar-refractivity contribution in [2.24, 2.45) is 5.14 Å². The highest BCUT2D eigenvalue weighted by Gasteiger charge is 2.22. The minimum atomic E-state index is -3.58. The van der Waals surface area contributed by atoms with Gasteiger partial charge in [0.1, 0.15) is 0 Å². The Balaban J connectivity index is 1.94. The van der Waals surface area contributed by atoms with E-state index in [1.54, 1.807) is 24.3 Å². The minimum Gasteiger partial charge on any atom is -0.309 e. The standard InChI is InChI=1S/C12H18N2O2S2/c1-9-12(6-7-17-9)14-8-10-2-4-11(5-3-10)18(13,15)16/h2-5,9,12,14H,6-8H2,1H3,(H2,13,15,16). The summed E-state index contributed by atoms with van der Waals surface area (Å²) in [4.78, 5) is 0.163. The summed E-state index contributed by atoms with van der Waals surface area (Å²) in [6.45, 7) is 3.00. The van der Waals surface area contributed by atoms with Crippen molar-refractivity contribution in [3.63, 3.8) is 0 Å². The Bertz CT molecular complexity index is 499. The van der Waals surface area contributed by atoms with E-state index in [4.69, 9.17) is 5.14 Å². The highest BCUT2D eigenvalue weighted by atomic mass is 32.2. The molecule has 0 saturated carbocycles. The van der Waals surface area contributed by atoms with E-state index in [1.165, 1.54) is 12.2 Å². The molecular formula is C12H18N2O2S2.